The molecule has 11 heteroatoms. The van der Waals surface area contributed by atoms with E-state index in [1.807, 2.05) is 6.92 Å². The molecular formula is C24H25FN6O4. The van der Waals surface area contributed by atoms with Gasteiger partial charge in [0, 0.05) is 30.3 Å². The SMILES string of the molecule is CCCNC(=O)C1(C(=O)Nc2ccc(Oc3ccc4nc(NC(=O)C5CC5)cn4n3)c(F)c2)CC1. The number of imidazole rings is 1. The second-order valence-corrected chi connectivity index (χ2v) is 8.90. The fourth-order valence-corrected chi connectivity index (χ4v) is 3.67. The van der Waals surface area contributed by atoms with Gasteiger partial charge in [-0.15, -0.1) is 5.10 Å². The van der Waals surface area contributed by atoms with Gasteiger partial charge in [-0.1, -0.05) is 6.92 Å². The fraction of sp³-hybridized carbons (Fsp3) is 0.375. The summed E-state index contributed by atoms with van der Waals surface area (Å²) in [5.74, 6) is -1.04. The van der Waals surface area contributed by atoms with Gasteiger partial charge in [0.25, 0.3) is 0 Å². The molecule has 3 aromatic rings. The van der Waals surface area contributed by atoms with Crippen LogP contribution in [-0.4, -0.2) is 38.9 Å². The first kappa shape index (κ1) is 22.8. The van der Waals surface area contributed by atoms with Crippen molar-refractivity contribution < 1.29 is 23.5 Å². The Morgan fingerprint density at radius 2 is 1.94 bits per heavy atom. The number of nitrogens with one attached hydrogen (secondary N) is 3. The summed E-state index contributed by atoms with van der Waals surface area (Å²) in [7, 11) is 0. The normalized spacial score (nSPS) is 15.9. The van der Waals surface area contributed by atoms with Crippen LogP contribution in [0, 0.1) is 17.2 Å². The molecule has 0 unspecified atom stereocenters. The first-order chi connectivity index (χ1) is 16.9. The highest BCUT2D eigenvalue weighted by Gasteiger charge is 2.56. The number of carbonyl (C=O) groups excluding carboxylic acids is 3. The number of carbonyl (C=O) groups is 3. The Bertz CT molecular complexity index is 1310. The minimum absolute atomic E-state index is 0.0513. The van der Waals surface area contributed by atoms with Crippen LogP contribution in [0.1, 0.15) is 39.0 Å². The topological polar surface area (TPSA) is 127 Å². The molecule has 1 aromatic carbocycles. The average molecular weight is 481 g/mol. The number of hydrogen-bond acceptors (Lipinski definition) is 6. The van der Waals surface area contributed by atoms with E-state index in [4.69, 9.17) is 4.74 Å². The highest BCUT2D eigenvalue weighted by Crippen LogP contribution is 2.47. The molecule has 0 atom stereocenters. The lowest BCUT2D eigenvalue weighted by Crippen LogP contribution is -2.40. The molecule has 2 fully saturated rings. The van der Waals surface area contributed by atoms with Gasteiger partial charge >= 0.3 is 0 Å². The molecule has 2 saturated carbocycles. The van der Waals surface area contributed by atoms with Gasteiger partial charge in [0.1, 0.15) is 5.41 Å². The standard InChI is InChI=1S/C24H25FN6O4/c1-2-11-26-22(33)24(9-10-24)23(34)27-15-5-6-17(16(25)12-15)35-20-8-7-19-28-18(13-31(19)30-20)29-21(32)14-3-4-14/h5-8,12-14H,2-4,9-11H2,1H3,(H,26,33)(H,27,34)(H,29,32). The molecule has 0 aliphatic heterocycles. The first-order valence-electron chi connectivity index (χ1n) is 11.6. The molecule has 2 aliphatic rings. The second kappa shape index (κ2) is 8.97. The van der Waals surface area contributed by atoms with E-state index in [1.165, 1.54) is 22.7 Å². The third kappa shape index (κ3) is 4.79. The first-order valence-corrected chi connectivity index (χ1v) is 11.6. The summed E-state index contributed by atoms with van der Waals surface area (Å²) in [6.07, 6.45) is 5.04. The van der Waals surface area contributed by atoms with Crippen LogP contribution in [0.4, 0.5) is 15.9 Å². The van der Waals surface area contributed by atoms with Gasteiger partial charge in [-0.3, -0.25) is 14.4 Å². The molecule has 0 spiro atoms. The van der Waals surface area contributed by atoms with Gasteiger partial charge < -0.3 is 20.7 Å². The number of aromatic nitrogens is 3. The van der Waals surface area contributed by atoms with E-state index in [1.54, 1.807) is 12.3 Å². The Morgan fingerprint density at radius 1 is 1.14 bits per heavy atom. The molecule has 35 heavy (non-hydrogen) atoms. The zero-order valence-electron chi connectivity index (χ0n) is 19.1. The number of ether oxygens (including phenoxy) is 1. The van der Waals surface area contributed by atoms with Crippen LogP contribution in [0.25, 0.3) is 5.65 Å². The van der Waals surface area contributed by atoms with Crippen molar-refractivity contribution in [2.24, 2.45) is 11.3 Å². The third-order valence-corrected chi connectivity index (χ3v) is 6.05. The van der Waals surface area contributed by atoms with Crippen molar-refractivity contribution >= 4 is 34.9 Å². The van der Waals surface area contributed by atoms with E-state index < -0.39 is 17.1 Å². The summed E-state index contributed by atoms with van der Waals surface area (Å²) in [6, 6.07) is 7.19. The molecule has 2 heterocycles. The predicted octanol–water partition coefficient (Wildman–Crippen LogP) is 3.25. The quantitative estimate of drug-likeness (QED) is 0.404. The molecule has 2 aliphatic carbocycles. The van der Waals surface area contributed by atoms with Gasteiger partial charge in [-0.2, -0.15) is 0 Å². The van der Waals surface area contributed by atoms with E-state index >= 15 is 0 Å². The van der Waals surface area contributed by atoms with Gasteiger partial charge in [-0.05, 0) is 50.3 Å². The number of amides is 3. The largest absolute Gasteiger partial charge is 0.434 e. The summed E-state index contributed by atoms with van der Waals surface area (Å²) >= 11 is 0. The maximum absolute atomic E-state index is 14.7. The smallest absolute Gasteiger partial charge is 0.240 e. The molecule has 3 N–H and O–H groups in total. The molecule has 2 aromatic heterocycles. The summed E-state index contributed by atoms with van der Waals surface area (Å²) < 4.78 is 21.7. The molecule has 10 nitrogen and oxygen atoms in total. The van der Waals surface area contributed by atoms with Crippen LogP contribution in [0.5, 0.6) is 11.6 Å². The molecule has 3 amide bonds. The fourth-order valence-electron chi connectivity index (χ4n) is 3.67. The predicted molar refractivity (Wildman–Crippen MR) is 124 cm³/mol. The summed E-state index contributed by atoms with van der Waals surface area (Å²) in [4.78, 5) is 41.2. The minimum Gasteiger partial charge on any atom is -0.434 e. The number of fused-ring (bicyclic) bond motifs is 1. The molecule has 0 bridgehead atoms. The van der Waals surface area contributed by atoms with Crippen molar-refractivity contribution in [3.63, 3.8) is 0 Å². The number of hydrogen-bond donors (Lipinski definition) is 3. The van der Waals surface area contributed by atoms with E-state index in [0.717, 1.165) is 25.3 Å². The van der Waals surface area contributed by atoms with Gasteiger partial charge in [-0.25, -0.2) is 13.9 Å². The van der Waals surface area contributed by atoms with E-state index in [-0.39, 0.29) is 35.0 Å². The van der Waals surface area contributed by atoms with E-state index in [9.17, 15) is 18.8 Å². The lowest BCUT2D eigenvalue weighted by molar-refractivity contribution is -0.134. The van der Waals surface area contributed by atoms with Crippen LogP contribution in [0.15, 0.2) is 36.5 Å². The van der Waals surface area contributed by atoms with Crippen LogP contribution in [0.2, 0.25) is 0 Å². The number of nitrogens with zero attached hydrogens (tertiary/aromatic N) is 3. The number of halogens is 1. The van der Waals surface area contributed by atoms with Crippen LogP contribution >= 0.6 is 0 Å². The number of rotatable bonds is 9. The molecule has 0 radical (unpaired) electrons. The maximum Gasteiger partial charge on any atom is 0.240 e. The van der Waals surface area contributed by atoms with Crippen molar-refractivity contribution in [2.45, 2.75) is 39.0 Å². The average Bonchev–Trinajstić information content (AvgIpc) is 3.75. The molecule has 5 rings (SSSR count). The number of benzene rings is 1. The van der Waals surface area contributed by atoms with Crippen molar-refractivity contribution in [1.29, 1.82) is 0 Å². The maximum atomic E-state index is 14.7. The van der Waals surface area contributed by atoms with Gasteiger partial charge in [0.15, 0.2) is 23.0 Å². The zero-order valence-corrected chi connectivity index (χ0v) is 19.1. The van der Waals surface area contributed by atoms with Crippen molar-refractivity contribution in [3.05, 3.63) is 42.3 Å². The number of anilines is 2. The van der Waals surface area contributed by atoms with Gasteiger partial charge in [0.2, 0.25) is 23.6 Å². The highest BCUT2D eigenvalue weighted by atomic mass is 19.1. The Balaban J connectivity index is 1.24. The Kier molecular flexibility index (Phi) is 5.83. The van der Waals surface area contributed by atoms with Crippen molar-refractivity contribution in [1.82, 2.24) is 19.9 Å². The lowest BCUT2D eigenvalue weighted by atomic mass is 10.0. The van der Waals surface area contributed by atoms with E-state index in [2.05, 4.69) is 26.0 Å². The van der Waals surface area contributed by atoms with Crippen LogP contribution in [0.3, 0.4) is 0 Å². The monoisotopic (exact) mass is 480 g/mol. The third-order valence-electron chi connectivity index (χ3n) is 6.05. The highest BCUT2D eigenvalue weighted by molar-refractivity contribution is 6.13. The molecule has 0 saturated heterocycles. The van der Waals surface area contributed by atoms with Crippen LogP contribution < -0.4 is 20.7 Å². The van der Waals surface area contributed by atoms with Crippen molar-refractivity contribution in [3.8, 4) is 11.6 Å². The second-order valence-electron chi connectivity index (χ2n) is 8.90. The Labute approximate surface area is 200 Å². The Morgan fingerprint density at radius 3 is 2.63 bits per heavy atom. The summed E-state index contributed by atoms with van der Waals surface area (Å²) in [6.45, 7) is 2.44. The van der Waals surface area contributed by atoms with Crippen molar-refractivity contribution in [2.75, 3.05) is 17.2 Å². The zero-order chi connectivity index (χ0) is 24.6. The van der Waals surface area contributed by atoms with E-state index in [0.29, 0.717) is 30.9 Å². The lowest BCUT2D eigenvalue weighted by Gasteiger charge is -2.15. The minimum atomic E-state index is -1.08. The summed E-state index contributed by atoms with van der Waals surface area (Å²) in [5.41, 5.74) is -0.357. The van der Waals surface area contributed by atoms with Crippen LogP contribution in [-0.2, 0) is 14.4 Å². The molecule has 182 valence electrons. The summed E-state index contributed by atoms with van der Waals surface area (Å²) in [5, 5.41) is 12.4. The Hall–Kier alpha value is -4.02. The molecular weight excluding hydrogens is 455 g/mol. The van der Waals surface area contributed by atoms with Gasteiger partial charge in [0.05, 0.1) is 6.20 Å².